The minimum Gasteiger partial charge on any atom is -1.00 e. The zero-order chi connectivity index (χ0) is 8.97. The molecule has 3 heteroatoms. The minimum atomic E-state index is -0.240. The van der Waals surface area contributed by atoms with Crippen molar-refractivity contribution in [2.75, 3.05) is 6.61 Å². The third-order valence-corrected chi connectivity index (χ3v) is 1.64. The van der Waals surface area contributed by atoms with Gasteiger partial charge in [0.2, 0.25) is 0 Å². The largest absolute Gasteiger partial charge is 1.00 e. The molecule has 1 aromatic rings. The molecule has 13 heavy (non-hydrogen) atoms. The second-order valence-electron chi connectivity index (χ2n) is 2.54. The van der Waals surface area contributed by atoms with Gasteiger partial charge in [0.25, 0.3) is 0 Å². The van der Waals surface area contributed by atoms with Crippen LogP contribution in [0.5, 0.6) is 0 Å². The summed E-state index contributed by atoms with van der Waals surface area (Å²) < 4.78 is 4.87. The number of rotatable bonds is 2. The van der Waals surface area contributed by atoms with Crippen molar-refractivity contribution >= 4 is 5.97 Å². The Labute approximate surface area is 102 Å². The van der Waals surface area contributed by atoms with Gasteiger partial charge in [-0.2, -0.15) is 0 Å². The summed E-state index contributed by atoms with van der Waals surface area (Å²) in [5.41, 5.74) is 1.61. The van der Waals surface area contributed by atoms with E-state index in [0.29, 0.717) is 12.2 Å². The molecule has 0 spiro atoms. The molecule has 1 aromatic carbocycles. The van der Waals surface area contributed by atoms with E-state index in [-0.39, 0.29) is 37.0 Å². The van der Waals surface area contributed by atoms with E-state index >= 15 is 0 Å². The maximum atomic E-state index is 11.2. The van der Waals surface area contributed by atoms with Gasteiger partial charge in [-0.1, -0.05) is 18.2 Å². The normalized spacial score (nSPS) is 8.77. The Morgan fingerprint density at radius 2 is 2.08 bits per heavy atom. The summed E-state index contributed by atoms with van der Waals surface area (Å²) in [5, 5.41) is 0. The second-order valence-corrected chi connectivity index (χ2v) is 2.54. The van der Waals surface area contributed by atoms with Gasteiger partial charge in [0.15, 0.2) is 0 Å². The van der Waals surface area contributed by atoms with Gasteiger partial charge in [-0.15, -0.1) is 0 Å². The maximum absolute atomic E-state index is 11.2. The Morgan fingerprint density at radius 3 is 2.62 bits per heavy atom. The average Bonchev–Trinajstić information content (AvgIpc) is 2.05. The Balaban J connectivity index is 0. The molecule has 0 atom stereocenters. The van der Waals surface area contributed by atoms with Crippen LogP contribution >= 0.6 is 0 Å². The van der Waals surface area contributed by atoms with Crippen LogP contribution in [0.25, 0.3) is 0 Å². The summed E-state index contributed by atoms with van der Waals surface area (Å²) in [6.45, 7) is 4.12. The molecular formula is C10H13NaO2. The number of esters is 1. The predicted molar refractivity (Wildman–Crippen MR) is 48.2 cm³/mol. The van der Waals surface area contributed by atoms with E-state index in [9.17, 15) is 4.79 Å². The third kappa shape index (κ3) is 3.51. The summed E-state index contributed by atoms with van der Waals surface area (Å²) in [7, 11) is 0. The SMILES string of the molecule is CCOC(=O)c1ccccc1C.[H-].[Na+]. The Kier molecular flexibility index (Phi) is 6.04. The minimum absolute atomic E-state index is 0. The van der Waals surface area contributed by atoms with Gasteiger partial charge in [0.05, 0.1) is 12.2 Å². The van der Waals surface area contributed by atoms with Crippen LogP contribution in [0.1, 0.15) is 24.3 Å². The molecule has 0 fully saturated rings. The molecule has 0 amide bonds. The number of hydrogen-bond acceptors (Lipinski definition) is 2. The molecule has 0 bridgehead atoms. The molecule has 0 aromatic heterocycles. The van der Waals surface area contributed by atoms with Crippen molar-refractivity contribution in [3.63, 3.8) is 0 Å². The molecule has 0 aliphatic heterocycles. The number of ether oxygens (including phenoxy) is 1. The van der Waals surface area contributed by atoms with Crippen molar-refractivity contribution in [1.29, 1.82) is 0 Å². The monoisotopic (exact) mass is 188 g/mol. The summed E-state index contributed by atoms with van der Waals surface area (Å²) in [6, 6.07) is 7.40. The van der Waals surface area contributed by atoms with Gasteiger partial charge < -0.3 is 6.16 Å². The van der Waals surface area contributed by atoms with E-state index in [4.69, 9.17) is 4.74 Å². The first-order valence-electron chi connectivity index (χ1n) is 3.98. The quantitative estimate of drug-likeness (QED) is 0.452. The fourth-order valence-electron chi connectivity index (χ4n) is 1.01. The van der Waals surface area contributed by atoms with Crippen LogP contribution in [0.3, 0.4) is 0 Å². The first-order valence-corrected chi connectivity index (χ1v) is 3.98. The molecule has 1 rings (SSSR count). The Morgan fingerprint density at radius 1 is 1.46 bits per heavy atom. The smallest absolute Gasteiger partial charge is 1.00 e. The molecule has 0 unspecified atom stereocenters. The first kappa shape index (κ1) is 12.7. The predicted octanol–water partition coefficient (Wildman–Crippen LogP) is -0.712. The van der Waals surface area contributed by atoms with Crippen molar-refractivity contribution in [3.8, 4) is 0 Å². The van der Waals surface area contributed by atoms with Gasteiger partial charge in [-0.25, -0.2) is 4.79 Å². The van der Waals surface area contributed by atoms with Crippen molar-refractivity contribution in [2.24, 2.45) is 0 Å². The fourth-order valence-corrected chi connectivity index (χ4v) is 1.01. The zero-order valence-corrected chi connectivity index (χ0v) is 10.3. The molecule has 0 radical (unpaired) electrons. The van der Waals surface area contributed by atoms with Crippen LogP contribution in [-0.4, -0.2) is 12.6 Å². The molecule has 0 aliphatic rings. The van der Waals surface area contributed by atoms with Crippen LogP contribution < -0.4 is 29.6 Å². The first-order chi connectivity index (χ1) is 5.75. The average molecular weight is 188 g/mol. The molecule has 0 heterocycles. The molecule has 2 nitrogen and oxygen atoms in total. The number of carbonyl (C=O) groups is 1. The van der Waals surface area contributed by atoms with Gasteiger partial charge in [0, 0.05) is 0 Å². The van der Waals surface area contributed by atoms with Crippen LogP contribution in [0, 0.1) is 6.92 Å². The zero-order valence-electron chi connectivity index (χ0n) is 9.33. The van der Waals surface area contributed by atoms with E-state index in [2.05, 4.69) is 0 Å². The maximum Gasteiger partial charge on any atom is 1.00 e. The van der Waals surface area contributed by atoms with Crippen LogP contribution in [0.15, 0.2) is 24.3 Å². The number of hydrogen-bond donors (Lipinski definition) is 0. The number of benzene rings is 1. The fraction of sp³-hybridized carbons (Fsp3) is 0.300. The van der Waals surface area contributed by atoms with Crippen molar-refractivity contribution in [1.82, 2.24) is 0 Å². The topological polar surface area (TPSA) is 26.3 Å². The van der Waals surface area contributed by atoms with Crippen LogP contribution in [-0.2, 0) is 4.74 Å². The number of aryl methyl sites for hydroxylation is 1. The molecular weight excluding hydrogens is 175 g/mol. The van der Waals surface area contributed by atoms with E-state index < -0.39 is 0 Å². The summed E-state index contributed by atoms with van der Waals surface area (Å²) >= 11 is 0. The summed E-state index contributed by atoms with van der Waals surface area (Å²) in [6.07, 6.45) is 0. The molecule has 0 aliphatic carbocycles. The number of carbonyl (C=O) groups excluding carboxylic acids is 1. The van der Waals surface area contributed by atoms with Gasteiger partial charge >= 0.3 is 35.5 Å². The van der Waals surface area contributed by atoms with E-state index in [1.807, 2.05) is 25.1 Å². The molecule has 0 N–H and O–H groups in total. The van der Waals surface area contributed by atoms with E-state index in [0.717, 1.165) is 5.56 Å². The second kappa shape index (κ2) is 6.19. The van der Waals surface area contributed by atoms with Gasteiger partial charge in [-0.05, 0) is 25.5 Å². The Bertz CT molecular complexity index is 289. The summed E-state index contributed by atoms with van der Waals surface area (Å²) in [5.74, 6) is -0.240. The van der Waals surface area contributed by atoms with Gasteiger partial charge in [-0.3, -0.25) is 0 Å². The van der Waals surface area contributed by atoms with Gasteiger partial charge in [0.1, 0.15) is 0 Å². The summed E-state index contributed by atoms with van der Waals surface area (Å²) in [4.78, 5) is 11.2. The standard InChI is InChI=1S/C10H12O2.Na.H/c1-3-12-10(11)9-7-5-4-6-8(9)2;;/h4-7H,3H2,1-2H3;;/q;+1;-1. The molecule has 0 saturated carbocycles. The van der Waals surface area contributed by atoms with Crippen molar-refractivity contribution < 1.29 is 40.5 Å². The van der Waals surface area contributed by atoms with Crippen molar-refractivity contribution in [2.45, 2.75) is 13.8 Å². The van der Waals surface area contributed by atoms with Crippen LogP contribution in [0.4, 0.5) is 0 Å². The van der Waals surface area contributed by atoms with Crippen molar-refractivity contribution in [3.05, 3.63) is 35.4 Å². The molecule has 0 saturated heterocycles. The Hall–Kier alpha value is -0.310. The van der Waals surface area contributed by atoms with E-state index in [1.54, 1.807) is 13.0 Å². The molecule has 66 valence electrons. The third-order valence-electron chi connectivity index (χ3n) is 1.64. The van der Waals surface area contributed by atoms with Crippen LogP contribution in [0.2, 0.25) is 0 Å². The van der Waals surface area contributed by atoms with E-state index in [1.165, 1.54) is 0 Å².